The molecule has 1 aliphatic rings. The van der Waals surface area contributed by atoms with Gasteiger partial charge < -0.3 is 19.5 Å². The van der Waals surface area contributed by atoms with Crippen LogP contribution in [0.15, 0.2) is 18.2 Å². The predicted octanol–water partition coefficient (Wildman–Crippen LogP) is 2.41. The summed E-state index contributed by atoms with van der Waals surface area (Å²) in [6.07, 6.45) is 3.98. The molecule has 8 heteroatoms. The molecule has 0 heterocycles. The summed E-state index contributed by atoms with van der Waals surface area (Å²) in [7, 11) is 2.93. The molecule has 0 aromatic heterocycles. The van der Waals surface area contributed by atoms with Crippen LogP contribution in [0.25, 0.3) is 0 Å². The van der Waals surface area contributed by atoms with Crippen molar-refractivity contribution in [1.29, 1.82) is 0 Å². The Hall–Kier alpha value is -2.77. The molecule has 27 heavy (non-hydrogen) atoms. The van der Waals surface area contributed by atoms with Crippen LogP contribution in [0, 0.1) is 0 Å². The van der Waals surface area contributed by atoms with Crippen LogP contribution in [0.5, 0.6) is 11.5 Å². The van der Waals surface area contributed by atoms with E-state index in [9.17, 15) is 14.4 Å². The number of esters is 1. The maximum absolute atomic E-state index is 12.3. The first-order valence-electron chi connectivity index (χ1n) is 8.98. The van der Waals surface area contributed by atoms with E-state index in [0.29, 0.717) is 11.5 Å². The zero-order valence-corrected chi connectivity index (χ0v) is 15.9. The highest BCUT2D eigenvalue weighted by Crippen LogP contribution is 2.23. The Balaban J connectivity index is 1.89. The lowest BCUT2D eigenvalue weighted by Crippen LogP contribution is -2.48. The maximum atomic E-state index is 12.3. The fourth-order valence-corrected chi connectivity index (χ4v) is 2.89. The number of hydrogen-bond donors (Lipinski definition) is 2. The molecule has 1 fully saturated rings. The molecule has 2 N–H and O–H groups in total. The first kappa shape index (κ1) is 20.5. The number of urea groups is 1. The molecule has 8 nitrogen and oxygen atoms in total. The highest BCUT2D eigenvalue weighted by Gasteiger charge is 2.23. The van der Waals surface area contributed by atoms with Gasteiger partial charge in [-0.3, -0.25) is 10.1 Å². The molecule has 1 aromatic carbocycles. The topological polar surface area (TPSA) is 103 Å². The first-order chi connectivity index (χ1) is 12.9. The molecule has 3 amide bonds. The fraction of sp³-hybridized carbons (Fsp3) is 0.526. The van der Waals surface area contributed by atoms with Gasteiger partial charge in [0.05, 0.1) is 19.8 Å². The van der Waals surface area contributed by atoms with Gasteiger partial charge in [0, 0.05) is 12.1 Å². The Morgan fingerprint density at radius 1 is 1.00 bits per heavy atom. The van der Waals surface area contributed by atoms with E-state index in [1.54, 1.807) is 6.07 Å². The standard InChI is InChI=1S/C19H26N2O6/c1-12(17(22)21-19(24)20-14-7-5-4-6-8-14)27-18(23)13-9-15(25-2)11-16(10-13)26-3/h9-12,14H,4-8H2,1-3H3,(H2,20,21,22,24)/t12-/m0/s1. The van der Waals surface area contributed by atoms with Crippen molar-refractivity contribution in [3.05, 3.63) is 23.8 Å². The molecule has 0 saturated heterocycles. The van der Waals surface area contributed by atoms with Crippen molar-refractivity contribution < 1.29 is 28.6 Å². The average Bonchev–Trinajstić information content (AvgIpc) is 2.67. The minimum Gasteiger partial charge on any atom is -0.497 e. The van der Waals surface area contributed by atoms with E-state index in [-0.39, 0.29) is 11.6 Å². The van der Waals surface area contributed by atoms with Gasteiger partial charge in [-0.25, -0.2) is 9.59 Å². The highest BCUT2D eigenvalue weighted by atomic mass is 16.5. The van der Waals surface area contributed by atoms with Gasteiger partial charge in [-0.1, -0.05) is 19.3 Å². The van der Waals surface area contributed by atoms with Gasteiger partial charge in [0.25, 0.3) is 5.91 Å². The summed E-state index contributed by atoms with van der Waals surface area (Å²) in [5.41, 5.74) is 0.178. The number of amides is 3. The van der Waals surface area contributed by atoms with Crippen LogP contribution in [0.2, 0.25) is 0 Å². The molecule has 2 rings (SSSR count). The van der Waals surface area contributed by atoms with Crippen molar-refractivity contribution in [1.82, 2.24) is 10.6 Å². The van der Waals surface area contributed by atoms with E-state index in [1.165, 1.54) is 39.7 Å². The van der Waals surface area contributed by atoms with E-state index in [0.717, 1.165) is 25.7 Å². The van der Waals surface area contributed by atoms with Crippen LogP contribution < -0.4 is 20.1 Å². The number of benzene rings is 1. The summed E-state index contributed by atoms with van der Waals surface area (Å²) in [6, 6.07) is 4.07. The smallest absolute Gasteiger partial charge is 0.339 e. The van der Waals surface area contributed by atoms with Gasteiger partial charge in [-0.05, 0) is 31.9 Å². The summed E-state index contributed by atoms with van der Waals surface area (Å²) < 4.78 is 15.4. The van der Waals surface area contributed by atoms with Crippen molar-refractivity contribution >= 4 is 17.9 Å². The Kier molecular flexibility index (Phi) is 7.45. The molecule has 1 saturated carbocycles. The molecular weight excluding hydrogens is 352 g/mol. The summed E-state index contributed by atoms with van der Waals surface area (Å²) in [6.45, 7) is 1.40. The summed E-state index contributed by atoms with van der Waals surface area (Å²) >= 11 is 0. The van der Waals surface area contributed by atoms with Crippen molar-refractivity contribution in [2.24, 2.45) is 0 Å². The van der Waals surface area contributed by atoms with Crippen molar-refractivity contribution in [3.63, 3.8) is 0 Å². The summed E-state index contributed by atoms with van der Waals surface area (Å²) in [5, 5.41) is 4.99. The molecule has 1 aromatic rings. The van der Waals surface area contributed by atoms with E-state index in [2.05, 4.69) is 10.6 Å². The number of methoxy groups -OCH3 is 2. The van der Waals surface area contributed by atoms with E-state index < -0.39 is 24.0 Å². The third-order valence-electron chi connectivity index (χ3n) is 4.42. The molecule has 0 radical (unpaired) electrons. The number of nitrogens with one attached hydrogen (secondary N) is 2. The minimum absolute atomic E-state index is 0.0775. The normalized spacial score (nSPS) is 15.4. The number of rotatable bonds is 6. The highest BCUT2D eigenvalue weighted by molar-refractivity contribution is 5.98. The van der Waals surface area contributed by atoms with E-state index in [4.69, 9.17) is 14.2 Å². The third-order valence-corrected chi connectivity index (χ3v) is 4.42. The Morgan fingerprint density at radius 2 is 1.59 bits per heavy atom. The zero-order valence-electron chi connectivity index (χ0n) is 15.9. The van der Waals surface area contributed by atoms with Crippen LogP contribution in [0.3, 0.4) is 0 Å². The lowest BCUT2D eigenvalue weighted by molar-refractivity contribution is -0.127. The van der Waals surface area contributed by atoms with Crippen LogP contribution in [-0.2, 0) is 9.53 Å². The molecule has 0 bridgehead atoms. The zero-order chi connectivity index (χ0) is 19.8. The van der Waals surface area contributed by atoms with Gasteiger partial charge in [-0.15, -0.1) is 0 Å². The van der Waals surface area contributed by atoms with Crippen LogP contribution in [-0.4, -0.2) is 44.3 Å². The van der Waals surface area contributed by atoms with Crippen LogP contribution >= 0.6 is 0 Å². The Bertz CT molecular complexity index is 663. The van der Waals surface area contributed by atoms with Crippen molar-refractivity contribution in [2.75, 3.05) is 14.2 Å². The Labute approximate surface area is 158 Å². The van der Waals surface area contributed by atoms with Crippen molar-refractivity contribution in [2.45, 2.75) is 51.2 Å². The van der Waals surface area contributed by atoms with Crippen molar-refractivity contribution in [3.8, 4) is 11.5 Å². The van der Waals surface area contributed by atoms with Gasteiger partial charge in [0.2, 0.25) is 0 Å². The van der Waals surface area contributed by atoms with Gasteiger partial charge in [-0.2, -0.15) is 0 Å². The number of imide groups is 1. The molecule has 1 atom stereocenters. The fourth-order valence-electron chi connectivity index (χ4n) is 2.89. The predicted molar refractivity (Wildman–Crippen MR) is 98.0 cm³/mol. The molecule has 0 spiro atoms. The SMILES string of the molecule is COc1cc(OC)cc(C(=O)O[C@@H](C)C(=O)NC(=O)NC2CCCCC2)c1. The summed E-state index contributed by atoms with van der Waals surface area (Å²) in [5.74, 6) is -0.565. The molecule has 1 aliphatic carbocycles. The third kappa shape index (κ3) is 6.16. The first-order valence-corrected chi connectivity index (χ1v) is 8.98. The molecule has 0 unspecified atom stereocenters. The number of hydrogen-bond acceptors (Lipinski definition) is 6. The van der Waals surface area contributed by atoms with Gasteiger partial charge in [0.1, 0.15) is 11.5 Å². The van der Waals surface area contributed by atoms with Gasteiger partial charge >= 0.3 is 12.0 Å². The monoisotopic (exact) mass is 378 g/mol. The van der Waals surface area contributed by atoms with Gasteiger partial charge in [0.15, 0.2) is 6.10 Å². The second-order valence-electron chi connectivity index (χ2n) is 6.45. The largest absolute Gasteiger partial charge is 0.497 e. The number of ether oxygens (including phenoxy) is 3. The summed E-state index contributed by atoms with van der Waals surface area (Å²) in [4.78, 5) is 36.3. The molecular formula is C19H26N2O6. The lowest BCUT2D eigenvalue weighted by atomic mass is 9.96. The second-order valence-corrected chi connectivity index (χ2v) is 6.45. The average molecular weight is 378 g/mol. The van der Waals surface area contributed by atoms with Crippen LogP contribution in [0.1, 0.15) is 49.4 Å². The van der Waals surface area contributed by atoms with Crippen LogP contribution in [0.4, 0.5) is 4.79 Å². The molecule has 0 aliphatic heterocycles. The van der Waals surface area contributed by atoms with E-state index >= 15 is 0 Å². The van der Waals surface area contributed by atoms with E-state index in [1.807, 2.05) is 0 Å². The molecule has 148 valence electrons. The Morgan fingerprint density at radius 3 is 2.15 bits per heavy atom. The lowest BCUT2D eigenvalue weighted by Gasteiger charge is -2.23. The minimum atomic E-state index is -1.13. The second kappa shape index (κ2) is 9.80. The number of carbonyl (C=O) groups is 3. The quantitative estimate of drug-likeness (QED) is 0.737. The number of carbonyl (C=O) groups excluding carboxylic acids is 3. The maximum Gasteiger partial charge on any atom is 0.339 e.